The number of rotatable bonds is 4. The molecule has 4 nitrogen and oxygen atoms in total. The summed E-state index contributed by atoms with van der Waals surface area (Å²) in [6.07, 6.45) is 4.90. The third kappa shape index (κ3) is 3.50. The number of furan rings is 1. The molecule has 1 aliphatic rings. The SMILES string of the molecule is CN1CCC(CCNC(=O)c2ccoc2Cl)CC1. The number of carbonyl (C=O) groups is 1. The number of nitrogens with one attached hydrogen (secondary N) is 1. The first-order chi connectivity index (χ1) is 8.66. The quantitative estimate of drug-likeness (QED) is 0.914. The number of nitrogens with zero attached hydrogens (tertiary/aromatic N) is 1. The molecule has 1 aromatic heterocycles. The second-order valence-electron chi connectivity index (χ2n) is 4.90. The van der Waals surface area contributed by atoms with Crippen molar-refractivity contribution in [2.75, 3.05) is 26.7 Å². The molecular formula is C13H19ClN2O2. The fraction of sp³-hybridized carbons (Fsp3) is 0.615. The Morgan fingerprint density at radius 1 is 1.56 bits per heavy atom. The molecule has 100 valence electrons. The van der Waals surface area contributed by atoms with E-state index < -0.39 is 0 Å². The van der Waals surface area contributed by atoms with E-state index in [4.69, 9.17) is 16.0 Å². The van der Waals surface area contributed by atoms with E-state index >= 15 is 0 Å². The summed E-state index contributed by atoms with van der Waals surface area (Å²) in [6, 6.07) is 1.59. The van der Waals surface area contributed by atoms with E-state index in [0.717, 1.165) is 25.4 Å². The smallest absolute Gasteiger partial charge is 0.256 e. The number of hydrogen-bond acceptors (Lipinski definition) is 3. The van der Waals surface area contributed by atoms with Gasteiger partial charge in [0.25, 0.3) is 5.91 Å². The molecular weight excluding hydrogens is 252 g/mol. The maximum Gasteiger partial charge on any atom is 0.256 e. The predicted molar refractivity (Wildman–Crippen MR) is 70.9 cm³/mol. The van der Waals surface area contributed by atoms with Gasteiger partial charge >= 0.3 is 0 Å². The summed E-state index contributed by atoms with van der Waals surface area (Å²) in [6.45, 7) is 3.02. The van der Waals surface area contributed by atoms with Crippen LogP contribution in [0, 0.1) is 5.92 Å². The Hall–Kier alpha value is -1.00. The molecule has 1 aromatic rings. The zero-order valence-corrected chi connectivity index (χ0v) is 11.4. The first-order valence-corrected chi connectivity index (χ1v) is 6.74. The van der Waals surface area contributed by atoms with Gasteiger partial charge in [-0.2, -0.15) is 0 Å². The molecule has 0 saturated carbocycles. The monoisotopic (exact) mass is 270 g/mol. The van der Waals surface area contributed by atoms with Gasteiger partial charge in [-0.3, -0.25) is 4.79 Å². The Kier molecular flexibility index (Phi) is 4.66. The van der Waals surface area contributed by atoms with Crippen LogP contribution in [-0.4, -0.2) is 37.5 Å². The van der Waals surface area contributed by atoms with Gasteiger partial charge in [-0.25, -0.2) is 0 Å². The molecule has 0 bridgehead atoms. The molecule has 2 rings (SSSR count). The maximum atomic E-state index is 11.8. The van der Waals surface area contributed by atoms with Crippen LogP contribution in [-0.2, 0) is 0 Å². The van der Waals surface area contributed by atoms with E-state index in [1.807, 2.05) is 0 Å². The van der Waals surface area contributed by atoms with Crippen LogP contribution in [0.3, 0.4) is 0 Å². The van der Waals surface area contributed by atoms with Crippen molar-refractivity contribution in [2.24, 2.45) is 5.92 Å². The number of likely N-dealkylation sites (tertiary alicyclic amines) is 1. The van der Waals surface area contributed by atoms with Crippen LogP contribution in [0.4, 0.5) is 0 Å². The van der Waals surface area contributed by atoms with Crippen molar-refractivity contribution in [1.29, 1.82) is 0 Å². The van der Waals surface area contributed by atoms with Crippen molar-refractivity contribution < 1.29 is 9.21 Å². The molecule has 2 heterocycles. The first kappa shape index (κ1) is 13.4. The molecule has 5 heteroatoms. The van der Waals surface area contributed by atoms with Crippen molar-refractivity contribution in [3.63, 3.8) is 0 Å². The van der Waals surface area contributed by atoms with Gasteiger partial charge in [0.15, 0.2) is 0 Å². The number of halogens is 1. The van der Waals surface area contributed by atoms with Gasteiger partial charge in [0, 0.05) is 6.54 Å². The Labute approximate surface area is 112 Å². The standard InChI is InChI=1S/C13H19ClN2O2/c1-16-7-3-10(4-8-16)2-6-15-13(17)11-5-9-18-12(11)14/h5,9-10H,2-4,6-8H2,1H3,(H,15,17). The molecule has 0 radical (unpaired) electrons. The van der Waals surface area contributed by atoms with E-state index in [0.29, 0.717) is 12.1 Å². The van der Waals surface area contributed by atoms with Crippen molar-refractivity contribution in [3.05, 3.63) is 23.1 Å². The molecule has 0 atom stereocenters. The van der Waals surface area contributed by atoms with Crippen LogP contribution in [0.2, 0.25) is 5.22 Å². The second-order valence-corrected chi connectivity index (χ2v) is 5.24. The fourth-order valence-corrected chi connectivity index (χ4v) is 2.49. The van der Waals surface area contributed by atoms with Crippen LogP contribution in [0.5, 0.6) is 0 Å². The minimum absolute atomic E-state index is 0.151. The Morgan fingerprint density at radius 2 is 2.28 bits per heavy atom. The molecule has 1 amide bonds. The fourth-order valence-electron chi connectivity index (χ4n) is 2.29. The largest absolute Gasteiger partial charge is 0.452 e. The lowest BCUT2D eigenvalue weighted by molar-refractivity contribution is 0.0948. The lowest BCUT2D eigenvalue weighted by Crippen LogP contribution is -2.32. The van der Waals surface area contributed by atoms with E-state index in [-0.39, 0.29) is 11.1 Å². The molecule has 1 fully saturated rings. The lowest BCUT2D eigenvalue weighted by atomic mass is 9.94. The van der Waals surface area contributed by atoms with Gasteiger partial charge in [-0.1, -0.05) is 0 Å². The minimum Gasteiger partial charge on any atom is -0.452 e. The van der Waals surface area contributed by atoms with Gasteiger partial charge < -0.3 is 14.6 Å². The Bertz CT molecular complexity index is 397. The van der Waals surface area contributed by atoms with Crippen LogP contribution in [0.15, 0.2) is 16.7 Å². The second kappa shape index (κ2) is 6.25. The van der Waals surface area contributed by atoms with E-state index in [1.165, 1.54) is 19.1 Å². The number of hydrogen-bond donors (Lipinski definition) is 1. The zero-order valence-electron chi connectivity index (χ0n) is 10.6. The molecule has 18 heavy (non-hydrogen) atoms. The zero-order chi connectivity index (χ0) is 13.0. The third-order valence-corrected chi connectivity index (χ3v) is 3.83. The van der Waals surface area contributed by atoms with Gasteiger partial charge in [-0.05, 0) is 63.0 Å². The van der Waals surface area contributed by atoms with E-state index in [2.05, 4.69) is 17.3 Å². The molecule has 1 N–H and O–H groups in total. The van der Waals surface area contributed by atoms with Crippen LogP contribution >= 0.6 is 11.6 Å². The average molecular weight is 271 g/mol. The number of carbonyl (C=O) groups excluding carboxylic acids is 1. The Morgan fingerprint density at radius 3 is 2.89 bits per heavy atom. The van der Waals surface area contributed by atoms with E-state index in [9.17, 15) is 4.79 Å². The molecule has 1 aliphatic heterocycles. The summed E-state index contributed by atoms with van der Waals surface area (Å²) in [5.74, 6) is 0.572. The van der Waals surface area contributed by atoms with Gasteiger partial charge in [0.1, 0.15) is 0 Å². The lowest BCUT2D eigenvalue weighted by Gasteiger charge is -2.28. The van der Waals surface area contributed by atoms with E-state index in [1.54, 1.807) is 6.07 Å². The van der Waals surface area contributed by atoms with Crippen molar-refractivity contribution in [2.45, 2.75) is 19.3 Å². The summed E-state index contributed by atoms with van der Waals surface area (Å²) >= 11 is 5.75. The van der Waals surface area contributed by atoms with Crippen LogP contribution < -0.4 is 5.32 Å². The summed E-state index contributed by atoms with van der Waals surface area (Å²) in [5.41, 5.74) is 0.417. The molecule has 0 unspecified atom stereocenters. The minimum atomic E-state index is -0.151. The number of amides is 1. The Balaban J connectivity index is 1.69. The van der Waals surface area contributed by atoms with Crippen molar-refractivity contribution in [1.82, 2.24) is 10.2 Å². The summed E-state index contributed by atoms with van der Waals surface area (Å²) in [5, 5.41) is 3.05. The summed E-state index contributed by atoms with van der Waals surface area (Å²) < 4.78 is 4.89. The summed E-state index contributed by atoms with van der Waals surface area (Å²) in [7, 11) is 2.15. The highest BCUT2D eigenvalue weighted by atomic mass is 35.5. The number of piperidine rings is 1. The van der Waals surface area contributed by atoms with Gasteiger partial charge in [0.2, 0.25) is 5.22 Å². The predicted octanol–water partition coefficient (Wildman–Crippen LogP) is 2.39. The molecule has 0 spiro atoms. The van der Waals surface area contributed by atoms with Crippen LogP contribution in [0.25, 0.3) is 0 Å². The highest BCUT2D eigenvalue weighted by molar-refractivity contribution is 6.32. The van der Waals surface area contributed by atoms with Crippen molar-refractivity contribution >= 4 is 17.5 Å². The first-order valence-electron chi connectivity index (χ1n) is 6.36. The van der Waals surface area contributed by atoms with Crippen molar-refractivity contribution in [3.8, 4) is 0 Å². The normalized spacial score (nSPS) is 17.9. The highest BCUT2D eigenvalue weighted by Crippen LogP contribution is 2.19. The van der Waals surface area contributed by atoms with Gasteiger partial charge in [-0.15, -0.1) is 0 Å². The molecule has 1 saturated heterocycles. The average Bonchev–Trinajstić information content (AvgIpc) is 2.78. The maximum absolute atomic E-state index is 11.8. The topological polar surface area (TPSA) is 45.5 Å². The molecule has 0 aliphatic carbocycles. The third-order valence-electron chi connectivity index (χ3n) is 3.54. The van der Waals surface area contributed by atoms with Gasteiger partial charge in [0.05, 0.1) is 11.8 Å². The van der Waals surface area contributed by atoms with Crippen LogP contribution in [0.1, 0.15) is 29.6 Å². The highest BCUT2D eigenvalue weighted by Gasteiger charge is 2.17. The molecule has 0 aromatic carbocycles. The summed E-state index contributed by atoms with van der Waals surface area (Å²) in [4.78, 5) is 14.1.